The lowest BCUT2D eigenvalue weighted by atomic mass is 9.88. The second kappa shape index (κ2) is 4.91. The zero-order valence-corrected chi connectivity index (χ0v) is 14.7. The highest BCUT2D eigenvalue weighted by Gasteiger charge is 2.53. The molecule has 2 aliphatic heterocycles. The van der Waals surface area contributed by atoms with Crippen LogP contribution in [-0.2, 0) is 0 Å². The van der Waals surface area contributed by atoms with E-state index >= 15 is 0 Å². The van der Waals surface area contributed by atoms with Gasteiger partial charge in [-0.2, -0.15) is 0 Å². The molecule has 0 aliphatic carbocycles. The largest absolute Gasteiger partial charge is 0.399 e. The molecule has 0 unspecified atom stereocenters. The van der Waals surface area contributed by atoms with Crippen LogP contribution in [0.1, 0.15) is 32.8 Å². The topological polar surface area (TPSA) is 78.9 Å². The molecule has 1 aromatic carbocycles. The molecule has 3 heterocycles. The van der Waals surface area contributed by atoms with Crippen molar-refractivity contribution in [3.63, 3.8) is 0 Å². The van der Waals surface area contributed by atoms with Gasteiger partial charge in [0.2, 0.25) is 5.78 Å². The van der Waals surface area contributed by atoms with Crippen molar-refractivity contribution in [2.75, 3.05) is 17.2 Å². The van der Waals surface area contributed by atoms with Gasteiger partial charge in [-0.3, -0.25) is 4.79 Å². The van der Waals surface area contributed by atoms with Crippen molar-refractivity contribution in [3.05, 3.63) is 39.8 Å². The zero-order valence-electron chi connectivity index (χ0n) is 13.9. The quantitative estimate of drug-likeness (QED) is 0.781. The van der Waals surface area contributed by atoms with Crippen LogP contribution in [0.25, 0.3) is 0 Å². The Kier molecular flexibility index (Phi) is 3.14. The molecule has 0 bridgehead atoms. The molecule has 5 nitrogen and oxygen atoms in total. The van der Waals surface area contributed by atoms with Gasteiger partial charge in [-0.15, -0.1) is 11.3 Å². The van der Waals surface area contributed by atoms with Gasteiger partial charge in [-0.25, -0.2) is 4.99 Å². The van der Waals surface area contributed by atoms with Gasteiger partial charge in [0.05, 0.1) is 5.56 Å². The van der Waals surface area contributed by atoms with Crippen LogP contribution in [0.2, 0.25) is 0 Å². The number of aliphatic hydroxyl groups is 1. The third-order valence-electron chi connectivity index (χ3n) is 5.06. The molecule has 0 spiro atoms. The van der Waals surface area contributed by atoms with E-state index in [2.05, 4.69) is 4.99 Å². The van der Waals surface area contributed by atoms with Crippen molar-refractivity contribution >= 4 is 39.3 Å². The number of rotatable bonds is 1. The number of carbonyl (C=O) groups excluding carboxylic acids is 1. The number of ketones is 1. The highest BCUT2D eigenvalue weighted by atomic mass is 32.1. The third kappa shape index (κ3) is 1.90. The number of fused-ring (bicyclic) bond motifs is 2. The summed E-state index contributed by atoms with van der Waals surface area (Å²) in [7, 11) is 0. The number of carbonyl (C=O) groups is 1. The number of hydrogen-bond donors (Lipinski definition) is 2. The summed E-state index contributed by atoms with van der Waals surface area (Å²) in [4.78, 5) is 20.7. The van der Waals surface area contributed by atoms with E-state index in [-0.39, 0.29) is 5.78 Å². The minimum atomic E-state index is -1.53. The summed E-state index contributed by atoms with van der Waals surface area (Å²) in [6.07, 6.45) is 0.349. The first-order valence-electron chi connectivity index (χ1n) is 7.93. The van der Waals surface area contributed by atoms with Gasteiger partial charge < -0.3 is 15.7 Å². The van der Waals surface area contributed by atoms with Gasteiger partial charge in [0, 0.05) is 29.2 Å². The third-order valence-corrected chi connectivity index (χ3v) is 6.17. The fraction of sp³-hybridized carbons (Fsp3) is 0.333. The van der Waals surface area contributed by atoms with E-state index in [1.807, 2.05) is 43.9 Å². The highest BCUT2D eigenvalue weighted by Crippen LogP contribution is 2.45. The predicted octanol–water partition coefficient (Wildman–Crippen LogP) is 3.12. The Morgan fingerprint density at radius 3 is 2.79 bits per heavy atom. The second-order valence-electron chi connectivity index (χ2n) is 6.53. The van der Waals surface area contributed by atoms with Crippen molar-refractivity contribution in [2.24, 2.45) is 4.99 Å². The minimum absolute atomic E-state index is 0.223. The Morgan fingerprint density at radius 1 is 1.33 bits per heavy atom. The maximum Gasteiger partial charge on any atom is 0.205 e. The number of anilines is 2. The average molecular weight is 341 g/mol. The molecule has 0 radical (unpaired) electrons. The van der Waals surface area contributed by atoms with E-state index in [4.69, 9.17) is 5.73 Å². The lowest BCUT2D eigenvalue weighted by molar-refractivity contribution is 0.0602. The van der Waals surface area contributed by atoms with E-state index in [1.54, 1.807) is 0 Å². The Hall–Kier alpha value is -2.18. The summed E-state index contributed by atoms with van der Waals surface area (Å²) < 4.78 is 0. The molecule has 2 aromatic rings. The van der Waals surface area contributed by atoms with Gasteiger partial charge in [0.1, 0.15) is 5.00 Å². The number of aryl methyl sites for hydroxylation is 2. The maximum absolute atomic E-state index is 13.0. The molecule has 0 amide bonds. The molecule has 124 valence electrons. The van der Waals surface area contributed by atoms with Crippen LogP contribution in [0.3, 0.4) is 0 Å². The summed E-state index contributed by atoms with van der Waals surface area (Å²) in [5.74, 6) is 0.212. The van der Waals surface area contributed by atoms with Gasteiger partial charge in [-0.1, -0.05) is 0 Å². The Bertz CT molecular complexity index is 915. The van der Waals surface area contributed by atoms with Crippen LogP contribution >= 0.6 is 11.3 Å². The molecule has 3 N–H and O–H groups in total. The van der Waals surface area contributed by atoms with Gasteiger partial charge in [0.15, 0.2) is 11.4 Å². The van der Waals surface area contributed by atoms with Crippen LogP contribution in [-0.4, -0.2) is 28.9 Å². The first-order chi connectivity index (χ1) is 11.3. The van der Waals surface area contributed by atoms with Crippen LogP contribution in [0.5, 0.6) is 0 Å². The second-order valence-corrected chi connectivity index (χ2v) is 7.73. The lowest BCUT2D eigenvalue weighted by Crippen LogP contribution is -2.48. The van der Waals surface area contributed by atoms with Crippen molar-refractivity contribution in [1.29, 1.82) is 0 Å². The van der Waals surface area contributed by atoms with E-state index in [9.17, 15) is 9.90 Å². The molecule has 24 heavy (non-hydrogen) atoms. The molecule has 6 heteroatoms. The molecule has 4 rings (SSSR count). The lowest BCUT2D eigenvalue weighted by Gasteiger charge is -2.29. The number of thiophene rings is 1. The fourth-order valence-electron chi connectivity index (χ4n) is 3.42. The van der Waals surface area contributed by atoms with E-state index < -0.39 is 5.60 Å². The van der Waals surface area contributed by atoms with E-state index in [0.717, 1.165) is 27.4 Å². The van der Waals surface area contributed by atoms with Gasteiger partial charge >= 0.3 is 0 Å². The number of aliphatic imine (C=N–C) groups is 1. The Labute approximate surface area is 144 Å². The Morgan fingerprint density at radius 2 is 2.08 bits per heavy atom. The maximum atomic E-state index is 13.0. The molecule has 1 fully saturated rings. The first kappa shape index (κ1) is 15.4. The average Bonchev–Trinajstić information content (AvgIpc) is 3.02. The normalized spacial score (nSPS) is 22.4. The molecule has 0 saturated carbocycles. The zero-order chi connectivity index (χ0) is 17.2. The molecular weight excluding hydrogens is 322 g/mol. The molecule has 2 aliphatic rings. The summed E-state index contributed by atoms with van der Waals surface area (Å²) in [6.45, 7) is 6.39. The number of Topliss-reactive ketones (excluding diaryl/α,β-unsaturated/α-hetero) is 1. The summed E-state index contributed by atoms with van der Waals surface area (Å²) in [5.41, 5.74) is 8.47. The molecular formula is C18H19N3O2S. The van der Waals surface area contributed by atoms with E-state index in [1.165, 1.54) is 11.3 Å². The standard InChI is InChI=1S/C18H19N3O2S/c1-9-8-12(4-5-13(9)19)21-7-6-18(23)15(22)14-10(2)11(3)24-16(14)20-17(18)21/h4-5,8,23H,6-7,19H2,1-3H3/t18-/m1/s1. The van der Waals surface area contributed by atoms with Gasteiger partial charge in [-0.05, 0) is 50.1 Å². The molecule has 1 aromatic heterocycles. The number of nitrogens with zero attached hydrogens (tertiary/aromatic N) is 2. The SMILES string of the molecule is Cc1cc(N2CC[C@@]3(O)C(=O)c4c(sc(C)c4C)N=C23)ccc1N. The summed E-state index contributed by atoms with van der Waals surface area (Å²) in [6, 6.07) is 5.72. The van der Waals surface area contributed by atoms with Crippen LogP contribution < -0.4 is 10.6 Å². The summed E-state index contributed by atoms with van der Waals surface area (Å²) >= 11 is 1.50. The van der Waals surface area contributed by atoms with Crippen molar-refractivity contribution in [1.82, 2.24) is 0 Å². The number of benzene rings is 1. The van der Waals surface area contributed by atoms with Gasteiger partial charge in [0.25, 0.3) is 0 Å². The van der Waals surface area contributed by atoms with Crippen LogP contribution in [0.15, 0.2) is 23.2 Å². The number of hydrogen-bond acceptors (Lipinski definition) is 6. The fourth-order valence-corrected chi connectivity index (χ4v) is 4.44. The molecule has 1 saturated heterocycles. The van der Waals surface area contributed by atoms with E-state index in [0.29, 0.717) is 29.4 Å². The number of nitrogens with two attached hydrogens (primary N) is 1. The smallest absolute Gasteiger partial charge is 0.205 e. The Balaban J connectivity index is 1.87. The van der Waals surface area contributed by atoms with Crippen molar-refractivity contribution in [2.45, 2.75) is 32.8 Å². The van der Waals surface area contributed by atoms with Crippen LogP contribution in [0, 0.1) is 20.8 Å². The molecule has 1 atom stereocenters. The minimum Gasteiger partial charge on any atom is -0.399 e. The monoisotopic (exact) mass is 341 g/mol. The van der Waals surface area contributed by atoms with Crippen LogP contribution in [0.4, 0.5) is 16.4 Å². The predicted molar refractivity (Wildman–Crippen MR) is 97.7 cm³/mol. The number of amidine groups is 1. The first-order valence-corrected chi connectivity index (χ1v) is 8.74. The highest BCUT2D eigenvalue weighted by molar-refractivity contribution is 7.16. The van der Waals surface area contributed by atoms with Crippen molar-refractivity contribution < 1.29 is 9.90 Å². The summed E-state index contributed by atoms with van der Waals surface area (Å²) in [5, 5.41) is 11.8. The number of nitrogen functional groups attached to an aromatic ring is 1. The van der Waals surface area contributed by atoms with Crippen molar-refractivity contribution in [3.8, 4) is 0 Å².